The molecule has 1 saturated heterocycles. The predicted octanol–water partition coefficient (Wildman–Crippen LogP) is 0.701. The monoisotopic (exact) mass is 291 g/mol. The number of hydrogen-bond acceptors (Lipinski definition) is 5. The van der Waals surface area contributed by atoms with Crippen LogP contribution in [-0.2, 0) is 4.79 Å². The van der Waals surface area contributed by atoms with Crippen LogP contribution in [-0.4, -0.2) is 54.1 Å². The fourth-order valence-electron chi connectivity index (χ4n) is 2.45. The Morgan fingerprint density at radius 2 is 2.00 bits per heavy atom. The summed E-state index contributed by atoms with van der Waals surface area (Å²) in [6, 6.07) is 3.71. The number of amides is 1. The molecule has 1 aliphatic heterocycles. The number of nitrogen functional groups attached to an aromatic ring is 1. The highest BCUT2D eigenvalue weighted by atomic mass is 16.2. The molecule has 0 unspecified atom stereocenters. The van der Waals surface area contributed by atoms with E-state index in [4.69, 9.17) is 5.73 Å². The second-order valence-electron chi connectivity index (χ2n) is 6.48. The lowest BCUT2D eigenvalue weighted by molar-refractivity contribution is -0.123. The minimum Gasteiger partial charge on any atom is -0.396 e. The molecule has 0 bridgehead atoms. The number of nitrogens with zero attached hydrogens (tertiary/aromatic N) is 3. The summed E-state index contributed by atoms with van der Waals surface area (Å²) in [6.45, 7) is 9.78. The van der Waals surface area contributed by atoms with Gasteiger partial charge in [-0.3, -0.25) is 9.69 Å². The number of anilines is 2. The molecule has 2 rings (SSSR count). The Balaban J connectivity index is 1.84. The number of piperazine rings is 1. The predicted molar refractivity (Wildman–Crippen MR) is 85.2 cm³/mol. The van der Waals surface area contributed by atoms with Crippen molar-refractivity contribution in [3.05, 3.63) is 18.3 Å². The third-order valence-electron chi connectivity index (χ3n) is 3.37. The average molecular weight is 291 g/mol. The van der Waals surface area contributed by atoms with E-state index in [1.54, 1.807) is 6.20 Å². The summed E-state index contributed by atoms with van der Waals surface area (Å²) >= 11 is 0. The average Bonchev–Trinajstić information content (AvgIpc) is 2.38. The van der Waals surface area contributed by atoms with E-state index in [9.17, 15) is 4.79 Å². The van der Waals surface area contributed by atoms with Gasteiger partial charge < -0.3 is 16.0 Å². The molecule has 0 aliphatic carbocycles. The molecule has 6 heteroatoms. The number of aromatic nitrogens is 1. The Kier molecular flexibility index (Phi) is 4.67. The fourth-order valence-corrected chi connectivity index (χ4v) is 2.45. The van der Waals surface area contributed by atoms with Gasteiger partial charge in [-0.05, 0) is 32.9 Å². The maximum Gasteiger partial charge on any atom is 0.234 e. The van der Waals surface area contributed by atoms with E-state index < -0.39 is 0 Å². The van der Waals surface area contributed by atoms with Crippen LogP contribution in [0.3, 0.4) is 0 Å². The molecule has 0 spiro atoms. The summed E-state index contributed by atoms with van der Waals surface area (Å²) < 4.78 is 0. The van der Waals surface area contributed by atoms with Crippen molar-refractivity contribution in [2.24, 2.45) is 0 Å². The van der Waals surface area contributed by atoms with Crippen LogP contribution in [0, 0.1) is 0 Å². The van der Waals surface area contributed by atoms with Crippen LogP contribution in [0.1, 0.15) is 20.8 Å². The third kappa shape index (κ3) is 4.60. The summed E-state index contributed by atoms with van der Waals surface area (Å²) in [7, 11) is 0. The van der Waals surface area contributed by atoms with Gasteiger partial charge in [0.1, 0.15) is 0 Å². The molecule has 0 radical (unpaired) electrons. The zero-order chi connectivity index (χ0) is 15.5. The van der Waals surface area contributed by atoms with Crippen molar-refractivity contribution in [2.75, 3.05) is 43.4 Å². The van der Waals surface area contributed by atoms with Gasteiger partial charge in [0.2, 0.25) is 5.91 Å². The van der Waals surface area contributed by atoms with Crippen LogP contribution in [0.2, 0.25) is 0 Å². The first kappa shape index (κ1) is 15.6. The Bertz CT molecular complexity index is 489. The molecule has 21 heavy (non-hydrogen) atoms. The van der Waals surface area contributed by atoms with E-state index in [1.807, 2.05) is 32.9 Å². The third-order valence-corrected chi connectivity index (χ3v) is 3.37. The molecule has 0 aromatic carbocycles. The van der Waals surface area contributed by atoms with Gasteiger partial charge >= 0.3 is 0 Å². The highest BCUT2D eigenvalue weighted by molar-refractivity contribution is 5.78. The lowest BCUT2D eigenvalue weighted by Gasteiger charge is -2.35. The molecule has 2 heterocycles. The minimum atomic E-state index is -0.179. The minimum absolute atomic E-state index is 0.0771. The van der Waals surface area contributed by atoms with Crippen molar-refractivity contribution in [3.63, 3.8) is 0 Å². The van der Waals surface area contributed by atoms with Crippen molar-refractivity contribution >= 4 is 17.4 Å². The number of rotatable bonds is 3. The molecule has 1 aromatic heterocycles. The van der Waals surface area contributed by atoms with E-state index in [0.29, 0.717) is 12.2 Å². The SMILES string of the molecule is CC(C)(C)NC(=O)CN1CCN(c2ncccc2N)CC1. The van der Waals surface area contributed by atoms with Gasteiger partial charge in [-0.2, -0.15) is 0 Å². The highest BCUT2D eigenvalue weighted by Crippen LogP contribution is 2.20. The van der Waals surface area contributed by atoms with E-state index >= 15 is 0 Å². The molecule has 6 nitrogen and oxygen atoms in total. The maximum atomic E-state index is 11.9. The van der Waals surface area contributed by atoms with E-state index in [0.717, 1.165) is 32.0 Å². The van der Waals surface area contributed by atoms with Gasteiger partial charge in [-0.1, -0.05) is 0 Å². The first-order valence-corrected chi connectivity index (χ1v) is 7.34. The molecule has 1 aromatic rings. The number of nitrogens with one attached hydrogen (secondary N) is 1. The zero-order valence-corrected chi connectivity index (χ0v) is 13.1. The Hall–Kier alpha value is -1.82. The zero-order valence-electron chi connectivity index (χ0n) is 13.1. The summed E-state index contributed by atoms with van der Waals surface area (Å²) in [5.41, 5.74) is 6.48. The lowest BCUT2D eigenvalue weighted by Crippen LogP contribution is -2.52. The molecule has 0 atom stereocenters. The molecule has 1 amide bonds. The number of carbonyl (C=O) groups is 1. The quantitative estimate of drug-likeness (QED) is 0.857. The van der Waals surface area contributed by atoms with Crippen molar-refractivity contribution < 1.29 is 4.79 Å². The van der Waals surface area contributed by atoms with Gasteiger partial charge in [-0.15, -0.1) is 0 Å². The van der Waals surface area contributed by atoms with Crippen LogP contribution >= 0.6 is 0 Å². The number of hydrogen-bond donors (Lipinski definition) is 2. The molecular formula is C15H25N5O. The largest absolute Gasteiger partial charge is 0.396 e. The topological polar surface area (TPSA) is 74.5 Å². The van der Waals surface area contributed by atoms with Gasteiger partial charge in [0.25, 0.3) is 0 Å². The van der Waals surface area contributed by atoms with Gasteiger partial charge in [0.05, 0.1) is 12.2 Å². The summed E-state index contributed by atoms with van der Waals surface area (Å²) in [6.07, 6.45) is 1.76. The van der Waals surface area contributed by atoms with Gasteiger partial charge in [0, 0.05) is 37.9 Å². The highest BCUT2D eigenvalue weighted by Gasteiger charge is 2.22. The van der Waals surface area contributed by atoms with Crippen molar-refractivity contribution in [3.8, 4) is 0 Å². The van der Waals surface area contributed by atoms with Crippen molar-refractivity contribution in [1.29, 1.82) is 0 Å². The molecular weight excluding hydrogens is 266 g/mol. The van der Waals surface area contributed by atoms with E-state index in [-0.39, 0.29) is 11.4 Å². The van der Waals surface area contributed by atoms with Gasteiger partial charge in [0.15, 0.2) is 5.82 Å². The maximum absolute atomic E-state index is 11.9. The first-order chi connectivity index (χ1) is 9.85. The molecule has 116 valence electrons. The van der Waals surface area contributed by atoms with Crippen LogP contribution < -0.4 is 16.0 Å². The molecule has 0 saturated carbocycles. The molecule has 3 N–H and O–H groups in total. The number of nitrogens with two attached hydrogens (primary N) is 1. The van der Waals surface area contributed by atoms with Crippen LogP contribution in [0.25, 0.3) is 0 Å². The molecule has 1 aliphatic rings. The smallest absolute Gasteiger partial charge is 0.234 e. The summed E-state index contributed by atoms with van der Waals surface area (Å²) in [5, 5.41) is 2.99. The van der Waals surface area contributed by atoms with Gasteiger partial charge in [-0.25, -0.2) is 4.98 Å². The fraction of sp³-hybridized carbons (Fsp3) is 0.600. The van der Waals surface area contributed by atoms with E-state index in [1.165, 1.54) is 0 Å². The van der Waals surface area contributed by atoms with Crippen molar-refractivity contribution in [2.45, 2.75) is 26.3 Å². The lowest BCUT2D eigenvalue weighted by atomic mass is 10.1. The second-order valence-corrected chi connectivity index (χ2v) is 6.48. The van der Waals surface area contributed by atoms with E-state index in [2.05, 4.69) is 20.1 Å². The van der Waals surface area contributed by atoms with Crippen molar-refractivity contribution in [1.82, 2.24) is 15.2 Å². The Morgan fingerprint density at radius 3 is 2.57 bits per heavy atom. The number of carbonyl (C=O) groups excluding carboxylic acids is 1. The standard InChI is InChI=1S/C15H25N5O/c1-15(2,3)18-13(21)11-19-7-9-20(10-8-19)14-12(16)5-4-6-17-14/h4-6H,7-11,16H2,1-3H3,(H,18,21). The first-order valence-electron chi connectivity index (χ1n) is 7.34. The molecule has 1 fully saturated rings. The number of pyridine rings is 1. The van der Waals surface area contributed by atoms with Crippen LogP contribution in [0.4, 0.5) is 11.5 Å². The van der Waals surface area contributed by atoms with Crippen LogP contribution in [0.15, 0.2) is 18.3 Å². The summed E-state index contributed by atoms with van der Waals surface area (Å²) in [4.78, 5) is 20.6. The Labute approximate surface area is 126 Å². The Morgan fingerprint density at radius 1 is 1.33 bits per heavy atom. The summed E-state index contributed by atoms with van der Waals surface area (Å²) in [5.74, 6) is 0.921. The normalized spacial score (nSPS) is 16.8. The van der Waals surface area contributed by atoms with Crippen LogP contribution in [0.5, 0.6) is 0 Å². The second kappa shape index (κ2) is 6.30.